The fraction of sp³-hybridized carbons (Fsp3) is 0.217. The SMILES string of the molecule is CN1CC=CCCOc2cc(F)cc(c2)-c2ccnc(n2)Nc2cccc(c2)C1. The fourth-order valence-corrected chi connectivity index (χ4v) is 3.24. The third-order valence-electron chi connectivity index (χ3n) is 4.60. The van der Waals surface area contributed by atoms with Gasteiger partial charge in [0.1, 0.15) is 11.6 Å². The van der Waals surface area contributed by atoms with Crippen molar-refractivity contribution in [3.05, 3.63) is 78.3 Å². The van der Waals surface area contributed by atoms with Crippen molar-refractivity contribution in [1.82, 2.24) is 14.9 Å². The number of likely N-dealkylation sites (N-methyl/N-ethyl adjacent to an activating group) is 1. The van der Waals surface area contributed by atoms with Gasteiger partial charge in [-0.3, -0.25) is 4.90 Å². The highest BCUT2D eigenvalue weighted by Crippen LogP contribution is 2.26. The lowest BCUT2D eigenvalue weighted by Gasteiger charge is -2.15. The number of anilines is 2. The number of ether oxygens (including phenoxy) is 1. The minimum atomic E-state index is -0.357. The van der Waals surface area contributed by atoms with Gasteiger partial charge in [-0.1, -0.05) is 24.3 Å². The van der Waals surface area contributed by atoms with Crippen LogP contribution in [0.5, 0.6) is 5.75 Å². The Kier molecular flexibility index (Phi) is 5.81. The number of hydrogen-bond donors (Lipinski definition) is 1. The molecule has 29 heavy (non-hydrogen) atoms. The van der Waals surface area contributed by atoms with Crippen LogP contribution in [0.4, 0.5) is 16.0 Å². The second-order valence-electron chi connectivity index (χ2n) is 7.07. The van der Waals surface area contributed by atoms with Gasteiger partial charge in [0, 0.05) is 36.6 Å². The molecule has 3 aromatic rings. The molecule has 6 heteroatoms. The fourth-order valence-electron chi connectivity index (χ4n) is 3.24. The van der Waals surface area contributed by atoms with Crippen LogP contribution in [0.2, 0.25) is 0 Å². The van der Waals surface area contributed by atoms with Gasteiger partial charge in [0.15, 0.2) is 0 Å². The van der Waals surface area contributed by atoms with Crippen molar-refractivity contribution in [2.75, 3.05) is 25.5 Å². The van der Waals surface area contributed by atoms with Crippen molar-refractivity contribution in [1.29, 1.82) is 0 Å². The van der Waals surface area contributed by atoms with Crippen LogP contribution in [-0.4, -0.2) is 35.1 Å². The smallest absolute Gasteiger partial charge is 0.227 e. The first kappa shape index (κ1) is 19.1. The number of nitrogens with zero attached hydrogens (tertiary/aromatic N) is 3. The van der Waals surface area contributed by atoms with Gasteiger partial charge in [-0.25, -0.2) is 14.4 Å². The number of hydrogen-bond acceptors (Lipinski definition) is 5. The summed E-state index contributed by atoms with van der Waals surface area (Å²) < 4.78 is 19.9. The molecular formula is C23H23FN4O. The molecule has 1 N–H and O–H groups in total. The first-order chi connectivity index (χ1) is 14.2. The van der Waals surface area contributed by atoms with E-state index in [2.05, 4.69) is 51.5 Å². The second kappa shape index (κ2) is 8.84. The maximum atomic E-state index is 14.1. The number of aromatic nitrogens is 2. The summed E-state index contributed by atoms with van der Waals surface area (Å²) in [5.41, 5.74) is 3.38. The molecule has 0 saturated carbocycles. The van der Waals surface area contributed by atoms with Gasteiger partial charge in [-0.15, -0.1) is 0 Å². The van der Waals surface area contributed by atoms with Gasteiger partial charge < -0.3 is 10.1 Å². The topological polar surface area (TPSA) is 50.3 Å². The summed E-state index contributed by atoms with van der Waals surface area (Å²) in [7, 11) is 2.08. The molecular weight excluding hydrogens is 367 g/mol. The monoisotopic (exact) mass is 390 g/mol. The summed E-state index contributed by atoms with van der Waals surface area (Å²) in [5.74, 6) is 0.598. The first-order valence-corrected chi connectivity index (χ1v) is 9.62. The van der Waals surface area contributed by atoms with Gasteiger partial charge >= 0.3 is 0 Å². The average Bonchev–Trinajstić information content (AvgIpc) is 2.70. The molecule has 5 nitrogen and oxygen atoms in total. The standard InChI is InChI=1S/C23H23FN4O/c1-28-10-3-2-4-11-29-21-14-18(13-19(24)15-21)22-8-9-25-23(27-22)26-20-7-5-6-17(12-20)16-28/h2-3,5-9,12-15H,4,10-11,16H2,1H3,(H,25,26,27). The summed E-state index contributed by atoms with van der Waals surface area (Å²) in [4.78, 5) is 11.1. The first-order valence-electron chi connectivity index (χ1n) is 9.62. The summed E-state index contributed by atoms with van der Waals surface area (Å²) >= 11 is 0. The van der Waals surface area contributed by atoms with Gasteiger partial charge in [-0.2, -0.15) is 0 Å². The molecule has 148 valence electrons. The number of benzene rings is 2. The molecule has 0 saturated heterocycles. The summed E-state index contributed by atoms with van der Waals surface area (Å²) in [6.07, 6.45) is 6.65. The molecule has 4 rings (SSSR count). The Balaban J connectivity index is 1.70. The summed E-state index contributed by atoms with van der Waals surface area (Å²) in [6.45, 7) is 2.16. The van der Waals surface area contributed by atoms with E-state index < -0.39 is 0 Å². The molecule has 1 aliphatic rings. The summed E-state index contributed by atoms with van der Waals surface area (Å²) in [6, 6.07) is 14.6. The number of nitrogens with one attached hydrogen (secondary N) is 1. The molecule has 1 aromatic heterocycles. The predicted molar refractivity (Wildman–Crippen MR) is 113 cm³/mol. The minimum absolute atomic E-state index is 0.357. The average molecular weight is 390 g/mol. The Labute approximate surface area is 169 Å². The zero-order valence-electron chi connectivity index (χ0n) is 16.3. The molecule has 0 atom stereocenters. The molecule has 1 aliphatic heterocycles. The quantitative estimate of drug-likeness (QED) is 0.559. The van der Waals surface area contributed by atoms with E-state index in [4.69, 9.17) is 4.74 Å². The zero-order valence-corrected chi connectivity index (χ0v) is 16.3. The molecule has 2 aromatic carbocycles. The van der Waals surface area contributed by atoms with Crippen LogP contribution < -0.4 is 10.1 Å². The van der Waals surface area contributed by atoms with E-state index in [1.54, 1.807) is 18.3 Å². The van der Waals surface area contributed by atoms with E-state index in [1.807, 2.05) is 12.1 Å². The molecule has 0 radical (unpaired) electrons. The second-order valence-corrected chi connectivity index (χ2v) is 7.07. The van der Waals surface area contributed by atoms with Gasteiger partial charge in [0.2, 0.25) is 5.95 Å². The van der Waals surface area contributed by atoms with Gasteiger partial charge in [-0.05, 0) is 49.4 Å². The Bertz CT molecular complexity index is 1020. The zero-order chi connectivity index (χ0) is 20.1. The van der Waals surface area contributed by atoms with Crippen LogP contribution in [0.1, 0.15) is 12.0 Å². The molecule has 6 bridgehead atoms. The number of fused-ring (bicyclic) bond motifs is 7. The van der Waals surface area contributed by atoms with Gasteiger partial charge in [0.05, 0.1) is 12.3 Å². The molecule has 2 heterocycles. The highest BCUT2D eigenvalue weighted by atomic mass is 19.1. The van der Waals surface area contributed by atoms with Crippen LogP contribution in [0.25, 0.3) is 11.3 Å². The van der Waals surface area contributed by atoms with E-state index in [0.717, 1.165) is 25.2 Å². The maximum absolute atomic E-state index is 14.1. The Morgan fingerprint density at radius 2 is 2.03 bits per heavy atom. The largest absolute Gasteiger partial charge is 0.493 e. The lowest BCUT2D eigenvalue weighted by Crippen LogP contribution is -2.17. The third kappa shape index (κ3) is 5.18. The lowest BCUT2D eigenvalue weighted by atomic mass is 10.1. The predicted octanol–water partition coefficient (Wildman–Crippen LogP) is 4.80. The molecule has 0 aliphatic carbocycles. The van der Waals surface area contributed by atoms with Crippen molar-refractivity contribution in [2.45, 2.75) is 13.0 Å². The lowest BCUT2D eigenvalue weighted by molar-refractivity contribution is 0.322. The van der Waals surface area contributed by atoms with Crippen LogP contribution in [-0.2, 0) is 6.54 Å². The normalized spacial score (nSPS) is 15.0. The van der Waals surface area contributed by atoms with Crippen molar-refractivity contribution < 1.29 is 9.13 Å². The molecule has 0 fully saturated rings. The van der Waals surface area contributed by atoms with E-state index in [-0.39, 0.29) is 5.82 Å². The van der Waals surface area contributed by atoms with Crippen LogP contribution in [0, 0.1) is 5.82 Å². The van der Waals surface area contributed by atoms with Crippen molar-refractivity contribution in [3.63, 3.8) is 0 Å². The van der Waals surface area contributed by atoms with Crippen molar-refractivity contribution >= 4 is 11.6 Å². The molecule has 0 amide bonds. The van der Waals surface area contributed by atoms with E-state index in [9.17, 15) is 4.39 Å². The van der Waals surface area contributed by atoms with Gasteiger partial charge in [0.25, 0.3) is 0 Å². The number of halogens is 1. The third-order valence-corrected chi connectivity index (χ3v) is 4.60. The van der Waals surface area contributed by atoms with Crippen LogP contribution in [0.3, 0.4) is 0 Å². The summed E-state index contributed by atoms with van der Waals surface area (Å²) in [5, 5.41) is 3.25. The van der Waals surface area contributed by atoms with Crippen LogP contribution >= 0.6 is 0 Å². The highest BCUT2D eigenvalue weighted by molar-refractivity contribution is 5.64. The highest BCUT2D eigenvalue weighted by Gasteiger charge is 2.08. The van der Waals surface area contributed by atoms with E-state index in [1.165, 1.54) is 17.7 Å². The van der Waals surface area contributed by atoms with E-state index >= 15 is 0 Å². The molecule has 0 spiro atoms. The number of rotatable bonds is 0. The van der Waals surface area contributed by atoms with E-state index in [0.29, 0.717) is 29.6 Å². The maximum Gasteiger partial charge on any atom is 0.227 e. The Morgan fingerprint density at radius 1 is 1.10 bits per heavy atom. The van der Waals surface area contributed by atoms with Crippen molar-refractivity contribution in [2.24, 2.45) is 0 Å². The minimum Gasteiger partial charge on any atom is -0.493 e. The Hall–Kier alpha value is -3.25. The van der Waals surface area contributed by atoms with Crippen molar-refractivity contribution in [3.8, 4) is 17.0 Å². The Morgan fingerprint density at radius 3 is 2.97 bits per heavy atom. The molecule has 0 unspecified atom stereocenters. The van der Waals surface area contributed by atoms with Crippen LogP contribution in [0.15, 0.2) is 66.9 Å².